The van der Waals surface area contributed by atoms with Gasteiger partial charge in [0.1, 0.15) is 0 Å². The van der Waals surface area contributed by atoms with E-state index in [0.29, 0.717) is 5.92 Å². The Labute approximate surface area is 95.9 Å². The van der Waals surface area contributed by atoms with Gasteiger partial charge in [0.15, 0.2) is 0 Å². The van der Waals surface area contributed by atoms with Gasteiger partial charge in [0, 0.05) is 11.8 Å². The van der Waals surface area contributed by atoms with Crippen LogP contribution in [0.5, 0.6) is 0 Å². The third-order valence-corrected chi connectivity index (χ3v) is 4.25. The van der Waals surface area contributed by atoms with Crippen LogP contribution in [0.1, 0.15) is 54.7 Å². The van der Waals surface area contributed by atoms with E-state index in [0.717, 1.165) is 6.42 Å². The molecule has 0 aliphatic heterocycles. The highest BCUT2D eigenvalue weighted by Gasteiger charge is 2.50. The summed E-state index contributed by atoms with van der Waals surface area (Å²) in [6.07, 6.45) is -0.196. The molecule has 2 aliphatic carbocycles. The zero-order valence-corrected chi connectivity index (χ0v) is 9.72. The van der Waals surface area contributed by atoms with Gasteiger partial charge in [0.05, 0.1) is 12.2 Å². The third kappa shape index (κ3) is 1.14. The van der Waals surface area contributed by atoms with Gasteiger partial charge in [-0.1, -0.05) is 32.0 Å². The van der Waals surface area contributed by atoms with Crippen LogP contribution in [0.2, 0.25) is 0 Å². The Morgan fingerprint density at radius 1 is 1.12 bits per heavy atom. The normalized spacial score (nSPS) is 35.8. The van der Waals surface area contributed by atoms with Crippen LogP contribution in [0.15, 0.2) is 18.2 Å². The van der Waals surface area contributed by atoms with Gasteiger partial charge in [-0.2, -0.15) is 0 Å². The van der Waals surface area contributed by atoms with E-state index in [1.165, 1.54) is 16.7 Å². The summed E-state index contributed by atoms with van der Waals surface area (Å²) >= 11 is 0. The summed E-state index contributed by atoms with van der Waals surface area (Å²) in [5.41, 5.74) is 3.94. The Morgan fingerprint density at radius 3 is 2.50 bits per heavy atom. The molecule has 2 heteroatoms. The fourth-order valence-corrected chi connectivity index (χ4v) is 3.48. The summed E-state index contributed by atoms with van der Waals surface area (Å²) in [6.45, 7) is 4.37. The van der Waals surface area contributed by atoms with Crippen molar-refractivity contribution in [2.75, 3.05) is 0 Å². The van der Waals surface area contributed by atoms with Gasteiger partial charge in [-0.3, -0.25) is 0 Å². The standard InChI is InChI=1S/C14H18O2/c1-7(2)8-4-3-5-9-10-6-11(12(8)9)14(16)13(10)15/h3-5,7,10-11,13-16H,6H2,1-2H3. The van der Waals surface area contributed by atoms with E-state index in [9.17, 15) is 10.2 Å². The second-order valence-electron chi connectivity index (χ2n) is 5.43. The van der Waals surface area contributed by atoms with Crippen molar-refractivity contribution < 1.29 is 10.2 Å². The van der Waals surface area contributed by atoms with Crippen molar-refractivity contribution in [3.63, 3.8) is 0 Å². The zero-order valence-electron chi connectivity index (χ0n) is 9.72. The van der Waals surface area contributed by atoms with Crippen LogP contribution >= 0.6 is 0 Å². The largest absolute Gasteiger partial charge is 0.390 e. The first-order valence-electron chi connectivity index (χ1n) is 6.10. The summed E-state index contributed by atoms with van der Waals surface area (Å²) in [6, 6.07) is 6.35. The minimum atomic E-state index is -0.558. The molecule has 16 heavy (non-hydrogen) atoms. The number of aliphatic hydroxyl groups is 2. The van der Waals surface area contributed by atoms with Crippen LogP contribution in [-0.2, 0) is 0 Å². The number of hydrogen-bond acceptors (Lipinski definition) is 2. The van der Waals surface area contributed by atoms with E-state index in [1.54, 1.807) is 0 Å². The summed E-state index contributed by atoms with van der Waals surface area (Å²) in [4.78, 5) is 0. The fourth-order valence-electron chi connectivity index (χ4n) is 3.48. The Balaban J connectivity index is 2.16. The molecule has 2 nitrogen and oxygen atoms in total. The zero-order chi connectivity index (χ0) is 11.4. The topological polar surface area (TPSA) is 40.5 Å². The SMILES string of the molecule is CC(C)c1cccc2c1C1CC2C(O)C1O. The second-order valence-corrected chi connectivity index (χ2v) is 5.43. The first-order valence-corrected chi connectivity index (χ1v) is 6.10. The molecule has 0 aromatic heterocycles. The maximum Gasteiger partial charge on any atom is 0.0873 e. The van der Waals surface area contributed by atoms with E-state index in [2.05, 4.69) is 32.0 Å². The highest BCUT2D eigenvalue weighted by molar-refractivity contribution is 5.49. The first-order chi connectivity index (χ1) is 7.61. The molecule has 1 aromatic carbocycles. The number of hydrogen-bond donors (Lipinski definition) is 2. The molecular weight excluding hydrogens is 200 g/mol. The van der Waals surface area contributed by atoms with E-state index in [1.807, 2.05) is 0 Å². The molecule has 3 rings (SSSR count). The first kappa shape index (κ1) is 10.3. The maximum absolute atomic E-state index is 9.99. The Kier molecular flexibility index (Phi) is 2.13. The molecule has 0 spiro atoms. The molecule has 86 valence electrons. The van der Waals surface area contributed by atoms with Gasteiger partial charge in [-0.05, 0) is 29.0 Å². The lowest BCUT2D eigenvalue weighted by atomic mass is 9.82. The molecule has 4 unspecified atom stereocenters. The minimum Gasteiger partial charge on any atom is -0.390 e. The van der Waals surface area contributed by atoms with Crippen molar-refractivity contribution in [1.29, 1.82) is 0 Å². The molecule has 1 saturated carbocycles. The van der Waals surface area contributed by atoms with Crippen LogP contribution in [0.4, 0.5) is 0 Å². The molecule has 0 heterocycles. The Bertz CT molecular complexity index is 425. The van der Waals surface area contributed by atoms with Crippen molar-refractivity contribution in [3.05, 3.63) is 34.9 Å². The van der Waals surface area contributed by atoms with Gasteiger partial charge in [0.25, 0.3) is 0 Å². The molecule has 0 amide bonds. The predicted octanol–water partition coefficient (Wildman–Crippen LogP) is 2.12. The highest BCUT2D eigenvalue weighted by Crippen LogP contribution is 2.54. The van der Waals surface area contributed by atoms with Crippen molar-refractivity contribution in [1.82, 2.24) is 0 Å². The quantitative estimate of drug-likeness (QED) is 0.758. The molecule has 2 N–H and O–H groups in total. The average molecular weight is 218 g/mol. The third-order valence-electron chi connectivity index (χ3n) is 4.25. The van der Waals surface area contributed by atoms with E-state index >= 15 is 0 Å². The molecule has 1 aromatic rings. The second kappa shape index (κ2) is 3.31. The van der Waals surface area contributed by atoms with Crippen LogP contribution in [0.25, 0.3) is 0 Å². The molecule has 4 atom stereocenters. The minimum absolute atomic E-state index is 0.161. The molecular formula is C14H18O2. The molecule has 1 fully saturated rings. The fraction of sp³-hybridized carbons (Fsp3) is 0.571. The maximum atomic E-state index is 9.99. The Morgan fingerprint density at radius 2 is 1.81 bits per heavy atom. The Hall–Kier alpha value is -0.860. The number of benzene rings is 1. The summed E-state index contributed by atoms with van der Waals surface area (Å²) in [5.74, 6) is 0.806. The van der Waals surface area contributed by atoms with E-state index < -0.39 is 12.2 Å². The molecule has 2 bridgehead atoms. The van der Waals surface area contributed by atoms with Crippen molar-refractivity contribution >= 4 is 0 Å². The number of fused-ring (bicyclic) bond motifs is 5. The van der Waals surface area contributed by atoms with Gasteiger partial charge in [-0.25, -0.2) is 0 Å². The van der Waals surface area contributed by atoms with Crippen LogP contribution in [0, 0.1) is 0 Å². The number of aliphatic hydroxyl groups excluding tert-OH is 2. The van der Waals surface area contributed by atoms with Crippen molar-refractivity contribution in [3.8, 4) is 0 Å². The summed E-state index contributed by atoms with van der Waals surface area (Å²) < 4.78 is 0. The van der Waals surface area contributed by atoms with Crippen LogP contribution in [-0.4, -0.2) is 22.4 Å². The van der Waals surface area contributed by atoms with Crippen molar-refractivity contribution in [2.24, 2.45) is 0 Å². The summed E-state index contributed by atoms with van der Waals surface area (Å²) in [7, 11) is 0. The lowest BCUT2D eigenvalue weighted by Gasteiger charge is -2.28. The lowest BCUT2D eigenvalue weighted by molar-refractivity contribution is 0.0214. The highest BCUT2D eigenvalue weighted by atomic mass is 16.3. The average Bonchev–Trinajstić information content (AvgIpc) is 2.77. The molecule has 2 aliphatic rings. The van der Waals surface area contributed by atoms with E-state index in [-0.39, 0.29) is 11.8 Å². The lowest BCUT2D eigenvalue weighted by Crippen LogP contribution is -2.31. The smallest absolute Gasteiger partial charge is 0.0873 e. The van der Waals surface area contributed by atoms with Crippen LogP contribution < -0.4 is 0 Å². The monoisotopic (exact) mass is 218 g/mol. The van der Waals surface area contributed by atoms with Gasteiger partial charge in [-0.15, -0.1) is 0 Å². The summed E-state index contributed by atoms with van der Waals surface area (Å²) in [5, 5.41) is 19.9. The van der Waals surface area contributed by atoms with Gasteiger partial charge >= 0.3 is 0 Å². The van der Waals surface area contributed by atoms with Gasteiger partial charge < -0.3 is 10.2 Å². The predicted molar refractivity (Wildman–Crippen MR) is 62.6 cm³/mol. The van der Waals surface area contributed by atoms with Crippen LogP contribution in [0.3, 0.4) is 0 Å². The van der Waals surface area contributed by atoms with Gasteiger partial charge in [0.2, 0.25) is 0 Å². The van der Waals surface area contributed by atoms with E-state index in [4.69, 9.17) is 0 Å². The van der Waals surface area contributed by atoms with Crippen molar-refractivity contribution in [2.45, 2.75) is 50.2 Å². The number of rotatable bonds is 1. The molecule has 0 saturated heterocycles. The molecule has 0 radical (unpaired) electrons.